The van der Waals surface area contributed by atoms with Gasteiger partial charge in [0.1, 0.15) is 5.75 Å². The molecule has 23 heavy (non-hydrogen) atoms. The summed E-state index contributed by atoms with van der Waals surface area (Å²) in [7, 11) is 0. The SMILES string of the molecule is Cc1cccc(N=C2NC(=O)/C(=C/c3ccc(O)c(Br)c3)S2)c1. The Kier molecular flexibility index (Phi) is 4.54. The molecule has 1 heterocycles. The third-order valence-corrected chi connectivity index (χ3v) is 4.70. The Balaban J connectivity index is 1.84. The number of aliphatic imine (C=N–C) groups is 1. The van der Waals surface area contributed by atoms with Crippen molar-refractivity contribution in [1.82, 2.24) is 5.32 Å². The Morgan fingerprint density at radius 2 is 2.09 bits per heavy atom. The topological polar surface area (TPSA) is 61.7 Å². The number of rotatable bonds is 2. The fourth-order valence-corrected chi connectivity index (χ4v) is 3.30. The van der Waals surface area contributed by atoms with Crippen molar-refractivity contribution in [1.29, 1.82) is 0 Å². The zero-order chi connectivity index (χ0) is 16.4. The fraction of sp³-hybridized carbons (Fsp3) is 0.0588. The molecule has 0 spiro atoms. The molecule has 0 atom stereocenters. The molecule has 0 saturated carbocycles. The number of hydrogen-bond donors (Lipinski definition) is 2. The van der Waals surface area contributed by atoms with Crippen LogP contribution in [0.5, 0.6) is 5.75 Å². The van der Waals surface area contributed by atoms with E-state index in [9.17, 15) is 9.90 Å². The molecular formula is C17H13BrN2O2S. The van der Waals surface area contributed by atoms with Crippen LogP contribution in [0.3, 0.4) is 0 Å². The molecule has 0 aromatic heterocycles. The summed E-state index contributed by atoms with van der Waals surface area (Å²) in [5.74, 6) is -0.0111. The van der Waals surface area contributed by atoms with Gasteiger partial charge in [-0.2, -0.15) is 0 Å². The Hall–Kier alpha value is -2.05. The molecule has 1 amide bonds. The van der Waals surface area contributed by atoms with Crippen LogP contribution in [0, 0.1) is 6.92 Å². The Bertz CT molecular complexity index is 846. The van der Waals surface area contributed by atoms with Crippen molar-refractivity contribution >= 4 is 50.5 Å². The van der Waals surface area contributed by atoms with E-state index >= 15 is 0 Å². The fourth-order valence-electron chi connectivity index (χ4n) is 2.06. The summed E-state index contributed by atoms with van der Waals surface area (Å²) in [6.45, 7) is 2.00. The Labute approximate surface area is 146 Å². The van der Waals surface area contributed by atoms with Crippen molar-refractivity contribution in [2.24, 2.45) is 4.99 Å². The summed E-state index contributed by atoms with van der Waals surface area (Å²) < 4.78 is 0.587. The molecule has 2 aromatic carbocycles. The lowest BCUT2D eigenvalue weighted by Crippen LogP contribution is -2.19. The minimum Gasteiger partial charge on any atom is -0.507 e. The number of phenols is 1. The largest absolute Gasteiger partial charge is 0.507 e. The molecule has 2 aromatic rings. The summed E-state index contributed by atoms with van der Waals surface area (Å²) in [5.41, 5.74) is 2.75. The normalized spacial score (nSPS) is 17.7. The van der Waals surface area contributed by atoms with Crippen molar-refractivity contribution in [3.8, 4) is 5.75 Å². The van der Waals surface area contributed by atoms with E-state index in [4.69, 9.17) is 0 Å². The number of benzene rings is 2. The quantitative estimate of drug-likeness (QED) is 0.751. The number of amides is 1. The number of halogens is 1. The van der Waals surface area contributed by atoms with E-state index in [1.807, 2.05) is 31.2 Å². The van der Waals surface area contributed by atoms with Gasteiger partial charge in [-0.25, -0.2) is 4.99 Å². The van der Waals surface area contributed by atoms with E-state index in [1.54, 1.807) is 24.3 Å². The summed E-state index contributed by atoms with van der Waals surface area (Å²) >= 11 is 4.56. The minimum absolute atomic E-state index is 0.164. The number of aryl methyl sites for hydroxylation is 1. The molecule has 1 aliphatic heterocycles. The van der Waals surface area contributed by atoms with E-state index in [1.165, 1.54) is 11.8 Å². The molecule has 0 radical (unpaired) electrons. The number of carbonyl (C=O) groups is 1. The van der Waals surface area contributed by atoms with Crippen LogP contribution in [0.1, 0.15) is 11.1 Å². The Morgan fingerprint density at radius 3 is 2.83 bits per heavy atom. The molecule has 1 fully saturated rings. The first-order valence-electron chi connectivity index (χ1n) is 6.86. The van der Waals surface area contributed by atoms with E-state index in [2.05, 4.69) is 26.2 Å². The van der Waals surface area contributed by atoms with Crippen LogP contribution in [0.25, 0.3) is 6.08 Å². The van der Waals surface area contributed by atoms with Gasteiger partial charge in [0.2, 0.25) is 0 Å². The predicted octanol–water partition coefficient (Wildman–Crippen LogP) is 4.35. The van der Waals surface area contributed by atoms with E-state index in [0.717, 1.165) is 16.8 Å². The molecule has 0 bridgehead atoms. The summed E-state index contributed by atoms with van der Waals surface area (Å²) in [6, 6.07) is 12.9. The highest BCUT2D eigenvalue weighted by molar-refractivity contribution is 9.10. The molecule has 4 nitrogen and oxygen atoms in total. The van der Waals surface area contributed by atoms with Gasteiger partial charge in [0.15, 0.2) is 5.17 Å². The number of nitrogens with one attached hydrogen (secondary N) is 1. The van der Waals surface area contributed by atoms with E-state index in [-0.39, 0.29) is 11.7 Å². The van der Waals surface area contributed by atoms with Gasteiger partial charge in [-0.3, -0.25) is 4.79 Å². The first-order valence-corrected chi connectivity index (χ1v) is 8.47. The lowest BCUT2D eigenvalue weighted by Gasteiger charge is -1.99. The number of carbonyl (C=O) groups excluding carboxylic acids is 1. The van der Waals surface area contributed by atoms with Gasteiger partial charge in [-0.15, -0.1) is 0 Å². The number of amidine groups is 1. The summed E-state index contributed by atoms with van der Waals surface area (Å²) in [4.78, 5) is 17.1. The second kappa shape index (κ2) is 6.60. The second-order valence-electron chi connectivity index (χ2n) is 5.03. The molecule has 0 aliphatic carbocycles. The lowest BCUT2D eigenvalue weighted by molar-refractivity contribution is -0.115. The monoisotopic (exact) mass is 388 g/mol. The average molecular weight is 389 g/mol. The van der Waals surface area contributed by atoms with Crippen LogP contribution in [0.2, 0.25) is 0 Å². The van der Waals surface area contributed by atoms with E-state index < -0.39 is 0 Å². The van der Waals surface area contributed by atoms with E-state index in [0.29, 0.717) is 14.5 Å². The number of aromatic hydroxyl groups is 1. The standard InChI is InChI=1S/C17H13BrN2O2S/c1-10-3-2-4-12(7-10)19-17-20-16(22)15(23-17)9-11-5-6-14(21)13(18)8-11/h2-9,21H,1H3,(H,19,20,22)/b15-9-. The van der Waals surface area contributed by atoms with Crippen molar-refractivity contribution in [2.45, 2.75) is 6.92 Å². The Morgan fingerprint density at radius 1 is 1.26 bits per heavy atom. The van der Waals surface area contributed by atoms with Crippen LogP contribution in [-0.4, -0.2) is 16.2 Å². The molecule has 116 valence electrons. The maximum Gasteiger partial charge on any atom is 0.264 e. The molecule has 1 saturated heterocycles. The van der Waals surface area contributed by atoms with Crippen molar-refractivity contribution in [3.63, 3.8) is 0 Å². The molecule has 2 N–H and O–H groups in total. The molecule has 1 aliphatic rings. The van der Waals surface area contributed by atoms with Gasteiger partial charge in [-0.1, -0.05) is 18.2 Å². The maximum atomic E-state index is 12.1. The number of thioether (sulfide) groups is 1. The summed E-state index contributed by atoms with van der Waals surface area (Å²) in [5, 5.41) is 12.8. The average Bonchev–Trinajstić information content (AvgIpc) is 2.83. The third-order valence-electron chi connectivity index (χ3n) is 3.15. The van der Waals surface area contributed by atoms with Crippen molar-refractivity contribution in [3.05, 3.63) is 63.0 Å². The highest BCUT2D eigenvalue weighted by Gasteiger charge is 2.23. The van der Waals surface area contributed by atoms with Crippen molar-refractivity contribution in [2.75, 3.05) is 0 Å². The predicted molar refractivity (Wildman–Crippen MR) is 97.8 cm³/mol. The summed E-state index contributed by atoms with van der Waals surface area (Å²) in [6.07, 6.45) is 1.77. The zero-order valence-corrected chi connectivity index (χ0v) is 14.6. The first kappa shape index (κ1) is 15.8. The smallest absolute Gasteiger partial charge is 0.264 e. The van der Waals surface area contributed by atoms with Gasteiger partial charge in [0, 0.05) is 0 Å². The van der Waals surface area contributed by atoms with Crippen LogP contribution in [-0.2, 0) is 4.79 Å². The highest BCUT2D eigenvalue weighted by atomic mass is 79.9. The molecule has 3 rings (SSSR count). The van der Waals surface area contributed by atoms with Gasteiger partial charge in [0.05, 0.1) is 15.1 Å². The number of nitrogens with zero attached hydrogens (tertiary/aromatic N) is 1. The van der Waals surface area contributed by atoms with Crippen LogP contribution in [0.4, 0.5) is 5.69 Å². The second-order valence-corrected chi connectivity index (χ2v) is 6.92. The van der Waals surface area contributed by atoms with Crippen LogP contribution in [0.15, 0.2) is 56.8 Å². The van der Waals surface area contributed by atoms with Gasteiger partial charge < -0.3 is 10.4 Å². The van der Waals surface area contributed by atoms with Gasteiger partial charge in [0.25, 0.3) is 5.91 Å². The maximum absolute atomic E-state index is 12.1. The minimum atomic E-state index is -0.175. The van der Waals surface area contributed by atoms with Gasteiger partial charge in [-0.05, 0) is 76.1 Å². The zero-order valence-electron chi connectivity index (χ0n) is 12.2. The van der Waals surface area contributed by atoms with Crippen LogP contribution >= 0.6 is 27.7 Å². The molecule has 6 heteroatoms. The van der Waals surface area contributed by atoms with Crippen molar-refractivity contribution < 1.29 is 9.90 Å². The third kappa shape index (κ3) is 3.83. The first-order chi connectivity index (χ1) is 11.0. The molecule has 0 unspecified atom stereocenters. The van der Waals surface area contributed by atoms with Gasteiger partial charge >= 0.3 is 0 Å². The lowest BCUT2D eigenvalue weighted by atomic mass is 10.2. The van der Waals surface area contributed by atoms with Crippen LogP contribution < -0.4 is 5.32 Å². The number of hydrogen-bond acceptors (Lipinski definition) is 4. The number of phenolic OH excluding ortho intramolecular Hbond substituents is 1. The highest BCUT2D eigenvalue weighted by Crippen LogP contribution is 2.30. The molecular weight excluding hydrogens is 376 g/mol.